The largest absolute Gasteiger partial charge is 0.573 e. The van der Waals surface area contributed by atoms with Gasteiger partial charge in [0.15, 0.2) is 0 Å². The molecule has 0 atom stereocenters. The van der Waals surface area contributed by atoms with Gasteiger partial charge in [0.2, 0.25) is 0 Å². The van der Waals surface area contributed by atoms with E-state index in [9.17, 15) is 18.0 Å². The fourth-order valence-corrected chi connectivity index (χ4v) is 2.47. The summed E-state index contributed by atoms with van der Waals surface area (Å²) in [5, 5.41) is 0. The average Bonchev–Trinajstić information content (AvgIpc) is 2.73. The molecule has 1 aliphatic heterocycles. The highest BCUT2D eigenvalue weighted by Crippen LogP contribution is 2.36. The van der Waals surface area contributed by atoms with E-state index in [1.807, 2.05) is 24.3 Å². The molecule has 1 heterocycles. The Morgan fingerprint density at radius 1 is 1.04 bits per heavy atom. The lowest BCUT2D eigenvalue weighted by atomic mass is 10.0. The number of rotatable bonds is 2. The van der Waals surface area contributed by atoms with Crippen LogP contribution in [0.25, 0.3) is 11.6 Å². The first-order chi connectivity index (χ1) is 10.8. The predicted octanol–water partition coefficient (Wildman–Crippen LogP) is 4.10. The van der Waals surface area contributed by atoms with Crippen molar-refractivity contribution in [3.05, 3.63) is 59.7 Å². The van der Waals surface area contributed by atoms with Gasteiger partial charge in [0, 0.05) is 18.2 Å². The number of fused-ring (bicyclic) bond motifs is 1. The lowest BCUT2D eigenvalue weighted by molar-refractivity contribution is -0.274. The van der Waals surface area contributed by atoms with Crippen LogP contribution in [0.4, 0.5) is 18.9 Å². The molecule has 0 fully saturated rings. The van der Waals surface area contributed by atoms with Gasteiger partial charge < -0.3 is 9.64 Å². The summed E-state index contributed by atoms with van der Waals surface area (Å²) < 4.78 is 40.3. The summed E-state index contributed by atoms with van der Waals surface area (Å²) in [6.45, 7) is 0. The molecule has 23 heavy (non-hydrogen) atoms. The molecule has 2 aromatic rings. The van der Waals surface area contributed by atoms with Crippen LogP contribution in [-0.2, 0) is 4.79 Å². The van der Waals surface area contributed by atoms with Crippen LogP contribution >= 0.6 is 0 Å². The Hall–Kier alpha value is -2.76. The second kappa shape index (κ2) is 5.46. The summed E-state index contributed by atoms with van der Waals surface area (Å²) in [6.07, 6.45) is -3.06. The molecule has 0 unspecified atom stereocenters. The highest BCUT2D eigenvalue weighted by Gasteiger charge is 2.31. The third-order valence-corrected chi connectivity index (χ3v) is 3.52. The van der Waals surface area contributed by atoms with Gasteiger partial charge in [-0.25, -0.2) is 0 Å². The van der Waals surface area contributed by atoms with Crippen molar-refractivity contribution in [1.82, 2.24) is 0 Å². The van der Waals surface area contributed by atoms with Crippen molar-refractivity contribution in [3.8, 4) is 5.75 Å². The van der Waals surface area contributed by atoms with Crippen molar-refractivity contribution in [3.63, 3.8) is 0 Å². The van der Waals surface area contributed by atoms with Gasteiger partial charge in [-0.15, -0.1) is 13.2 Å². The maximum absolute atomic E-state index is 12.3. The first kappa shape index (κ1) is 15.1. The van der Waals surface area contributed by atoms with Crippen molar-refractivity contribution < 1.29 is 22.7 Å². The van der Waals surface area contributed by atoms with E-state index in [2.05, 4.69) is 4.74 Å². The van der Waals surface area contributed by atoms with Crippen LogP contribution in [0, 0.1) is 0 Å². The quantitative estimate of drug-likeness (QED) is 0.780. The van der Waals surface area contributed by atoms with E-state index in [-0.39, 0.29) is 11.7 Å². The highest BCUT2D eigenvalue weighted by atomic mass is 19.4. The number of carbonyl (C=O) groups is 1. The van der Waals surface area contributed by atoms with Gasteiger partial charge in [-0.3, -0.25) is 4.79 Å². The van der Waals surface area contributed by atoms with Crippen molar-refractivity contribution in [2.24, 2.45) is 0 Å². The minimum atomic E-state index is -4.72. The van der Waals surface area contributed by atoms with Gasteiger partial charge in [0.25, 0.3) is 5.91 Å². The van der Waals surface area contributed by atoms with E-state index in [1.165, 1.54) is 24.3 Å². The minimum Gasteiger partial charge on any atom is -0.406 e. The Labute approximate surface area is 130 Å². The number of hydrogen-bond acceptors (Lipinski definition) is 2. The normalized spacial score (nSPS) is 15.9. The molecule has 1 amide bonds. The van der Waals surface area contributed by atoms with Gasteiger partial charge in [-0.1, -0.05) is 30.3 Å². The molecule has 6 heteroatoms. The molecule has 0 saturated heterocycles. The predicted molar refractivity (Wildman–Crippen MR) is 80.8 cm³/mol. The minimum absolute atomic E-state index is 0.151. The third-order valence-electron chi connectivity index (χ3n) is 3.52. The number of halogens is 3. The maximum Gasteiger partial charge on any atom is 0.573 e. The van der Waals surface area contributed by atoms with Crippen LogP contribution in [0.15, 0.2) is 48.5 Å². The number of ether oxygens (including phenoxy) is 1. The zero-order valence-electron chi connectivity index (χ0n) is 12.1. The fraction of sp³-hybridized carbons (Fsp3) is 0.118. The molecule has 118 valence electrons. The number of alkyl halides is 3. The van der Waals surface area contributed by atoms with Gasteiger partial charge in [0.1, 0.15) is 5.75 Å². The summed E-state index contributed by atoms with van der Waals surface area (Å²) in [5.74, 6) is -0.447. The molecule has 0 N–H and O–H groups in total. The lowest BCUT2D eigenvalue weighted by Gasteiger charge is -2.08. The van der Waals surface area contributed by atoms with Crippen molar-refractivity contribution in [1.29, 1.82) is 0 Å². The molecule has 1 aliphatic rings. The number of amides is 1. The highest BCUT2D eigenvalue weighted by molar-refractivity contribution is 6.35. The molecule has 0 spiro atoms. The standard InChI is InChI=1S/C17H12F3NO2/c1-21-15-5-3-2-4-13(15)14(16(21)22)10-11-6-8-12(9-7-11)23-17(18,19)20/h2-10H,1H3/b14-10+. The molecular weight excluding hydrogens is 307 g/mol. The molecule has 0 radical (unpaired) electrons. The average molecular weight is 319 g/mol. The summed E-state index contributed by atoms with van der Waals surface area (Å²) >= 11 is 0. The summed E-state index contributed by atoms with van der Waals surface area (Å²) in [6, 6.07) is 12.7. The first-order valence-electron chi connectivity index (χ1n) is 6.80. The molecule has 0 aliphatic carbocycles. The fourth-order valence-electron chi connectivity index (χ4n) is 2.47. The van der Waals surface area contributed by atoms with E-state index in [1.54, 1.807) is 18.0 Å². The second-order valence-corrected chi connectivity index (χ2v) is 5.06. The van der Waals surface area contributed by atoms with Crippen LogP contribution in [0.3, 0.4) is 0 Å². The Morgan fingerprint density at radius 2 is 1.70 bits per heavy atom. The molecule has 3 nitrogen and oxygen atoms in total. The number of nitrogens with zero attached hydrogens (tertiary/aromatic N) is 1. The summed E-state index contributed by atoms with van der Waals surface area (Å²) in [5.41, 5.74) is 2.73. The summed E-state index contributed by atoms with van der Waals surface area (Å²) in [4.78, 5) is 13.8. The zero-order valence-corrected chi connectivity index (χ0v) is 12.1. The lowest BCUT2D eigenvalue weighted by Crippen LogP contribution is -2.20. The molecule has 0 aromatic heterocycles. The number of carbonyl (C=O) groups excluding carboxylic acids is 1. The van der Waals surface area contributed by atoms with E-state index in [0.717, 1.165) is 11.3 Å². The SMILES string of the molecule is CN1C(=O)/C(=C/c2ccc(OC(F)(F)F)cc2)c2ccccc21. The Morgan fingerprint density at radius 3 is 2.35 bits per heavy atom. The zero-order chi connectivity index (χ0) is 16.6. The van der Waals surface area contributed by atoms with E-state index >= 15 is 0 Å². The molecule has 0 bridgehead atoms. The Balaban J connectivity index is 1.92. The number of anilines is 1. The van der Waals surface area contributed by atoms with Gasteiger partial charge in [-0.05, 0) is 29.8 Å². The Bertz CT molecular complexity index is 779. The van der Waals surface area contributed by atoms with Gasteiger partial charge in [-0.2, -0.15) is 0 Å². The van der Waals surface area contributed by atoms with E-state index in [0.29, 0.717) is 11.1 Å². The maximum atomic E-state index is 12.3. The number of likely N-dealkylation sites (N-methyl/N-ethyl adjacent to an activating group) is 1. The van der Waals surface area contributed by atoms with Gasteiger partial charge >= 0.3 is 6.36 Å². The molecule has 3 rings (SSSR count). The van der Waals surface area contributed by atoms with Gasteiger partial charge in [0.05, 0.1) is 5.69 Å². The number of benzene rings is 2. The molecule has 2 aromatic carbocycles. The van der Waals surface area contributed by atoms with E-state index in [4.69, 9.17) is 0 Å². The Kier molecular flexibility index (Phi) is 3.60. The second-order valence-electron chi connectivity index (χ2n) is 5.06. The summed E-state index contributed by atoms with van der Waals surface area (Å²) in [7, 11) is 1.68. The van der Waals surface area contributed by atoms with Crippen molar-refractivity contribution in [2.45, 2.75) is 6.36 Å². The smallest absolute Gasteiger partial charge is 0.406 e. The van der Waals surface area contributed by atoms with Crippen LogP contribution < -0.4 is 9.64 Å². The van der Waals surface area contributed by atoms with Crippen molar-refractivity contribution in [2.75, 3.05) is 11.9 Å². The van der Waals surface area contributed by atoms with Crippen LogP contribution in [-0.4, -0.2) is 19.3 Å². The van der Waals surface area contributed by atoms with Crippen molar-refractivity contribution >= 4 is 23.2 Å². The van der Waals surface area contributed by atoms with Crippen LogP contribution in [0.5, 0.6) is 5.75 Å². The monoisotopic (exact) mass is 319 g/mol. The topological polar surface area (TPSA) is 29.5 Å². The molecular formula is C17H12F3NO2. The third kappa shape index (κ3) is 3.06. The van der Waals surface area contributed by atoms with Crippen LogP contribution in [0.2, 0.25) is 0 Å². The first-order valence-corrected chi connectivity index (χ1v) is 6.80. The van der Waals surface area contributed by atoms with E-state index < -0.39 is 6.36 Å². The number of para-hydroxylation sites is 1. The van der Waals surface area contributed by atoms with Crippen LogP contribution in [0.1, 0.15) is 11.1 Å². The molecule has 0 saturated carbocycles. The number of hydrogen-bond donors (Lipinski definition) is 0.